The van der Waals surface area contributed by atoms with Gasteiger partial charge in [-0.25, -0.2) is 4.68 Å². The van der Waals surface area contributed by atoms with Gasteiger partial charge in [0, 0.05) is 19.5 Å². The van der Waals surface area contributed by atoms with Crippen molar-refractivity contribution in [1.82, 2.24) is 19.2 Å². The number of benzene rings is 1. The number of rotatable bonds is 7. The van der Waals surface area contributed by atoms with Crippen LogP contribution in [0.2, 0.25) is 0 Å². The summed E-state index contributed by atoms with van der Waals surface area (Å²) in [6, 6.07) is 8.17. The number of ether oxygens (including phenoxy) is 1. The van der Waals surface area contributed by atoms with Crippen molar-refractivity contribution in [2.75, 3.05) is 13.7 Å². The first-order chi connectivity index (χ1) is 12.0. The maximum atomic E-state index is 11.8. The van der Waals surface area contributed by atoms with E-state index in [2.05, 4.69) is 24.2 Å². The minimum atomic E-state index is -0.265. The molecule has 0 radical (unpaired) electrons. The predicted molar refractivity (Wildman–Crippen MR) is 97.6 cm³/mol. The Morgan fingerprint density at radius 2 is 2.12 bits per heavy atom. The Bertz CT molecular complexity index is 823. The van der Waals surface area contributed by atoms with Crippen LogP contribution in [0.5, 0.6) is 0 Å². The summed E-state index contributed by atoms with van der Waals surface area (Å²) in [5.74, 6) is 1.30. The van der Waals surface area contributed by atoms with Crippen molar-refractivity contribution in [2.45, 2.75) is 38.9 Å². The number of aryl methyl sites for hydroxylation is 1. The van der Waals surface area contributed by atoms with Crippen LogP contribution in [-0.2, 0) is 29.8 Å². The van der Waals surface area contributed by atoms with Crippen LogP contribution in [0.15, 0.2) is 24.3 Å². The molecule has 134 valence electrons. The van der Waals surface area contributed by atoms with Crippen LogP contribution in [0.1, 0.15) is 35.7 Å². The van der Waals surface area contributed by atoms with E-state index < -0.39 is 0 Å². The summed E-state index contributed by atoms with van der Waals surface area (Å²) in [5.41, 5.74) is 2.37. The number of hydrogen-bond acceptors (Lipinski definition) is 5. The first-order valence-corrected chi connectivity index (χ1v) is 8.88. The van der Waals surface area contributed by atoms with Crippen molar-refractivity contribution in [3.8, 4) is 0 Å². The van der Waals surface area contributed by atoms with E-state index in [0.717, 1.165) is 5.82 Å². The molecule has 2 aromatic rings. The molecule has 7 heteroatoms. The van der Waals surface area contributed by atoms with E-state index in [1.165, 1.54) is 31.1 Å². The van der Waals surface area contributed by atoms with Crippen molar-refractivity contribution in [1.29, 1.82) is 0 Å². The molecule has 1 heterocycles. The third-order valence-electron chi connectivity index (χ3n) is 4.59. The topological polar surface area (TPSA) is 52.3 Å². The van der Waals surface area contributed by atoms with Crippen LogP contribution in [0.25, 0.3) is 0 Å². The molecule has 1 aromatic carbocycles. The Hall–Kier alpha value is -1.99. The number of esters is 1. The van der Waals surface area contributed by atoms with Crippen molar-refractivity contribution in [2.24, 2.45) is 7.05 Å². The molecule has 25 heavy (non-hydrogen) atoms. The number of carbonyl (C=O) groups excluding carboxylic acids is 1. The van der Waals surface area contributed by atoms with Crippen LogP contribution in [0, 0.1) is 11.7 Å². The molecule has 1 aliphatic carbocycles. The molecule has 3 rings (SSSR count). The zero-order valence-electron chi connectivity index (χ0n) is 14.9. The smallest absolute Gasteiger partial charge is 0.319 e. The second kappa shape index (κ2) is 7.49. The van der Waals surface area contributed by atoms with Crippen molar-refractivity contribution in [3.63, 3.8) is 0 Å². The van der Waals surface area contributed by atoms with Crippen LogP contribution in [-0.4, -0.2) is 38.9 Å². The summed E-state index contributed by atoms with van der Waals surface area (Å²) >= 11 is 5.53. The minimum absolute atomic E-state index is 0.196. The van der Waals surface area contributed by atoms with Gasteiger partial charge in [-0.1, -0.05) is 24.3 Å². The van der Waals surface area contributed by atoms with Gasteiger partial charge in [0.15, 0.2) is 4.77 Å². The lowest BCUT2D eigenvalue weighted by molar-refractivity contribution is -0.142. The van der Waals surface area contributed by atoms with Gasteiger partial charge in [0.2, 0.25) is 0 Å². The standard InChI is InChI=1S/C18H24N4O2S/c1-13-6-4-5-7-15(13)10-21(11-16(23)24-3)12-22-18(25)20(2)17(19-22)14-8-9-14/h4-7,14H,8-12H2,1-3H3. The van der Waals surface area contributed by atoms with Gasteiger partial charge in [-0.15, -0.1) is 0 Å². The summed E-state index contributed by atoms with van der Waals surface area (Å²) in [5, 5.41) is 4.69. The van der Waals surface area contributed by atoms with E-state index in [9.17, 15) is 4.79 Å². The van der Waals surface area contributed by atoms with Gasteiger partial charge in [0.1, 0.15) is 5.82 Å². The van der Waals surface area contributed by atoms with E-state index in [1.807, 2.05) is 33.3 Å². The van der Waals surface area contributed by atoms with E-state index in [0.29, 0.717) is 23.9 Å². The first-order valence-electron chi connectivity index (χ1n) is 8.47. The Balaban J connectivity index is 1.82. The molecule has 0 bridgehead atoms. The largest absolute Gasteiger partial charge is 0.468 e. The van der Waals surface area contributed by atoms with Gasteiger partial charge < -0.3 is 9.30 Å². The van der Waals surface area contributed by atoms with Gasteiger partial charge >= 0.3 is 5.97 Å². The predicted octanol–water partition coefficient (Wildman–Crippen LogP) is 2.77. The number of nitrogens with zero attached hydrogens (tertiary/aromatic N) is 4. The van der Waals surface area contributed by atoms with E-state index in [1.54, 1.807) is 0 Å². The molecular formula is C18H24N4O2S. The monoisotopic (exact) mass is 360 g/mol. The van der Waals surface area contributed by atoms with Crippen molar-refractivity contribution < 1.29 is 9.53 Å². The molecule has 1 aromatic heterocycles. The van der Waals surface area contributed by atoms with Gasteiger partial charge in [0.05, 0.1) is 20.3 Å². The van der Waals surface area contributed by atoms with Crippen LogP contribution >= 0.6 is 12.2 Å². The molecule has 0 unspecified atom stereocenters. The minimum Gasteiger partial charge on any atom is -0.468 e. The highest BCUT2D eigenvalue weighted by Gasteiger charge is 2.29. The maximum absolute atomic E-state index is 11.8. The second-order valence-corrected chi connectivity index (χ2v) is 6.97. The quantitative estimate of drug-likeness (QED) is 0.561. The molecule has 1 aliphatic rings. The third-order valence-corrected chi connectivity index (χ3v) is 5.07. The second-order valence-electron chi connectivity index (χ2n) is 6.60. The number of methoxy groups -OCH3 is 1. The summed E-state index contributed by atoms with van der Waals surface area (Å²) in [6.07, 6.45) is 2.35. The summed E-state index contributed by atoms with van der Waals surface area (Å²) in [6.45, 7) is 3.37. The molecule has 0 spiro atoms. The summed E-state index contributed by atoms with van der Waals surface area (Å²) in [4.78, 5) is 13.8. The van der Waals surface area contributed by atoms with Crippen LogP contribution in [0.3, 0.4) is 0 Å². The highest BCUT2D eigenvalue weighted by Crippen LogP contribution is 2.38. The van der Waals surface area contributed by atoms with E-state index >= 15 is 0 Å². The van der Waals surface area contributed by atoms with Gasteiger partial charge in [0.25, 0.3) is 0 Å². The van der Waals surface area contributed by atoms with Gasteiger partial charge in [-0.2, -0.15) is 5.10 Å². The highest BCUT2D eigenvalue weighted by atomic mass is 32.1. The van der Waals surface area contributed by atoms with Crippen molar-refractivity contribution in [3.05, 3.63) is 46.0 Å². The first kappa shape index (κ1) is 17.8. The average molecular weight is 360 g/mol. The zero-order chi connectivity index (χ0) is 18.0. The molecule has 1 saturated carbocycles. The fourth-order valence-corrected chi connectivity index (χ4v) is 3.11. The van der Waals surface area contributed by atoms with Crippen molar-refractivity contribution >= 4 is 18.2 Å². The Kier molecular flexibility index (Phi) is 5.34. The number of aromatic nitrogens is 3. The fourth-order valence-electron chi connectivity index (χ4n) is 2.91. The molecule has 0 amide bonds. The summed E-state index contributed by atoms with van der Waals surface area (Å²) in [7, 11) is 3.37. The average Bonchev–Trinajstić information content (AvgIpc) is 3.40. The molecule has 0 saturated heterocycles. The molecular weight excluding hydrogens is 336 g/mol. The Morgan fingerprint density at radius 1 is 1.40 bits per heavy atom. The zero-order valence-corrected chi connectivity index (χ0v) is 15.8. The number of hydrogen-bond donors (Lipinski definition) is 0. The SMILES string of the molecule is COC(=O)CN(Cc1ccccc1C)Cn1nc(C2CC2)n(C)c1=S. The lowest BCUT2D eigenvalue weighted by Gasteiger charge is -2.21. The van der Waals surface area contributed by atoms with E-state index in [-0.39, 0.29) is 12.5 Å². The Labute approximate surface area is 153 Å². The maximum Gasteiger partial charge on any atom is 0.319 e. The Morgan fingerprint density at radius 3 is 2.76 bits per heavy atom. The summed E-state index contributed by atoms with van der Waals surface area (Å²) < 4.78 is 9.33. The highest BCUT2D eigenvalue weighted by molar-refractivity contribution is 7.71. The molecule has 0 aliphatic heterocycles. The lowest BCUT2D eigenvalue weighted by atomic mass is 10.1. The van der Waals surface area contributed by atoms with E-state index in [4.69, 9.17) is 17.0 Å². The third kappa shape index (κ3) is 4.16. The molecule has 1 fully saturated rings. The molecule has 0 N–H and O–H groups in total. The normalized spacial score (nSPS) is 14.1. The van der Waals surface area contributed by atoms with Crippen LogP contribution < -0.4 is 0 Å². The lowest BCUT2D eigenvalue weighted by Crippen LogP contribution is -2.33. The van der Waals surface area contributed by atoms with Crippen LogP contribution in [0.4, 0.5) is 0 Å². The van der Waals surface area contributed by atoms with Gasteiger partial charge in [-0.05, 0) is 43.1 Å². The molecule has 6 nitrogen and oxygen atoms in total. The molecule has 0 atom stereocenters. The number of carbonyl (C=O) groups is 1. The fraction of sp³-hybridized carbons (Fsp3) is 0.500. The van der Waals surface area contributed by atoms with Gasteiger partial charge in [-0.3, -0.25) is 9.69 Å².